The molecule has 0 amide bonds. The van der Waals surface area contributed by atoms with Gasteiger partial charge in [-0.15, -0.1) is 0 Å². The van der Waals surface area contributed by atoms with Crippen LogP contribution in [0.2, 0.25) is 5.02 Å². The third kappa shape index (κ3) is 3.38. The van der Waals surface area contributed by atoms with Gasteiger partial charge in [0.15, 0.2) is 5.82 Å². The van der Waals surface area contributed by atoms with E-state index in [2.05, 4.69) is 14.9 Å². The van der Waals surface area contributed by atoms with E-state index in [0.717, 1.165) is 36.6 Å². The van der Waals surface area contributed by atoms with Crippen LogP contribution in [0, 0.1) is 5.41 Å². The van der Waals surface area contributed by atoms with E-state index in [1.165, 1.54) is 31.0 Å². The van der Waals surface area contributed by atoms with E-state index >= 15 is 0 Å². The Kier molecular flexibility index (Phi) is 4.99. The van der Waals surface area contributed by atoms with E-state index in [-0.39, 0.29) is 0 Å². The Balaban J connectivity index is 1.46. The number of aromatic nitrogens is 2. The third-order valence-corrected chi connectivity index (χ3v) is 7.38. The molecule has 1 saturated heterocycles. The minimum Gasteiger partial charge on any atom is -0.381 e. The summed E-state index contributed by atoms with van der Waals surface area (Å²) < 4.78 is 0. The quantitative estimate of drug-likeness (QED) is 0.826. The molecule has 1 aliphatic carbocycles. The van der Waals surface area contributed by atoms with Gasteiger partial charge in [0, 0.05) is 24.0 Å². The van der Waals surface area contributed by atoms with Crippen LogP contribution in [0.5, 0.6) is 0 Å². The minimum atomic E-state index is 0.343. The van der Waals surface area contributed by atoms with Gasteiger partial charge in [0.1, 0.15) is 10.8 Å². The van der Waals surface area contributed by atoms with Gasteiger partial charge in [0.05, 0.1) is 11.2 Å². The van der Waals surface area contributed by atoms with Crippen LogP contribution >= 0.6 is 23.4 Å². The predicted octanol–water partition coefficient (Wildman–Crippen LogP) is 3.96. The lowest BCUT2D eigenvalue weighted by molar-refractivity contribution is 0.197. The lowest BCUT2D eigenvalue weighted by atomic mass is 9.74. The second-order valence-electron chi connectivity index (χ2n) is 7.30. The average Bonchev–Trinajstić information content (AvgIpc) is 2.99. The molecule has 0 bridgehead atoms. The number of hydrogen-bond donors (Lipinski definition) is 2. The molecule has 4 rings (SSSR count). The van der Waals surface area contributed by atoms with Crippen molar-refractivity contribution >= 4 is 35.0 Å². The summed E-state index contributed by atoms with van der Waals surface area (Å²) in [4.78, 5) is 12.4. The van der Waals surface area contributed by atoms with Crippen LogP contribution in [0.1, 0.15) is 32.1 Å². The number of hydrogen-bond acceptors (Lipinski definition) is 6. The van der Waals surface area contributed by atoms with Crippen molar-refractivity contribution in [3.63, 3.8) is 0 Å². The number of nitrogen functional groups attached to an aromatic ring is 1. The molecule has 2 aliphatic rings. The molecular weight excluding hydrogens is 366 g/mol. The number of halogens is 1. The average molecular weight is 390 g/mol. The molecule has 0 unspecified atom stereocenters. The zero-order valence-electron chi connectivity index (χ0n) is 14.7. The van der Waals surface area contributed by atoms with Crippen LogP contribution in [0.15, 0.2) is 40.4 Å². The highest BCUT2D eigenvalue weighted by molar-refractivity contribution is 7.99. The van der Waals surface area contributed by atoms with E-state index in [1.54, 1.807) is 0 Å². The van der Waals surface area contributed by atoms with Crippen molar-refractivity contribution in [3.05, 3.63) is 35.5 Å². The Morgan fingerprint density at radius 3 is 2.62 bits per heavy atom. The van der Waals surface area contributed by atoms with Crippen LogP contribution in [0.25, 0.3) is 0 Å². The molecule has 5 nitrogen and oxygen atoms in total. The van der Waals surface area contributed by atoms with Gasteiger partial charge in [-0.3, -0.25) is 0 Å². The molecule has 0 radical (unpaired) electrons. The van der Waals surface area contributed by atoms with Gasteiger partial charge in [0.25, 0.3) is 0 Å². The summed E-state index contributed by atoms with van der Waals surface area (Å²) in [7, 11) is 0. The van der Waals surface area contributed by atoms with Crippen molar-refractivity contribution in [2.75, 3.05) is 23.7 Å². The maximum atomic E-state index is 6.38. The maximum Gasteiger partial charge on any atom is 0.158 e. The van der Waals surface area contributed by atoms with Gasteiger partial charge in [-0.2, -0.15) is 0 Å². The zero-order chi connectivity index (χ0) is 18.1. The number of nitrogens with two attached hydrogens (primary N) is 2. The van der Waals surface area contributed by atoms with E-state index < -0.39 is 0 Å². The number of nitrogens with zero attached hydrogens (tertiary/aromatic N) is 3. The molecule has 7 heteroatoms. The van der Waals surface area contributed by atoms with Crippen molar-refractivity contribution in [1.29, 1.82) is 0 Å². The van der Waals surface area contributed by atoms with Gasteiger partial charge < -0.3 is 16.4 Å². The Labute approximate surface area is 163 Å². The summed E-state index contributed by atoms with van der Waals surface area (Å²) in [5.41, 5.74) is 12.9. The van der Waals surface area contributed by atoms with E-state index in [9.17, 15) is 0 Å². The van der Waals surface area contributed by atoms with Crippen molar-refractivity contribution in [3.8, 4) is 0 Å². The second-order valence-corrected chi connectivity index (χ2v) is 8.74. The third-order valence-electron chi connectivity index (χ3n) is 5.85. The summed E-state index contributed by atoms with van der Waals surface area (Å²) in [6.45, 7) is 1.94. The molecule has 1 atom stereocenters. The number of anilines is 2. The Bertz CT molecular complexity index is 791. The highest BCUT2D eigenvalue weighted by atomic mass is 35.5. The highest BCUT2D eigenvalue weighted by Gasteiger charge is 2.43. The highest BCUT2D eigenvalue weighted by Crippen LogP contribution is 2.46. The summed E-state index contributed by atoms with van der Waals surface area (Å²) in [6.07, 6.45) is 7.78. The fourth-order valence-corrected chi connectivity index (χ4v) is 5.24. The van der Waals surface area contributed by atoms with Gasteiger partial charge in [-0.25, -0.2) is 9.97 Å². The molecule has 1 aliphatic heterocycles. The molecule has 1 aromatic carbocycles. The van der Waals surface area contributed by atoms with E-state index in [4.69, 9.17) is 23.1 Å². The topological polar surface area (TPSA) is 81.1 Å². The first kappa shape index (κ1) is 17.9. The second kappa shape index (κ2) is 7.25. The monoisotopic (exact) mass is 389 g/mol. The molecule has 26 heavy (non-hydrogen) atoms. The molecule has 1 aromatic heterocycles. The number of rotatable bonds is 3. The Morgan fingerprint density at radius 2 is 1.96 bits per heavy atom. The molecule has 1 spiro atoms. The molecule has 2 heterocycles. The predicted molar refractivity (Wildman–Crippen MR) is 108 cm³/mol. The van der Waals surface area contributed by atoms with E-state index in [1.807, 2.05) is 30.5 Å². The molecule has 2 fully saturated rings. The first-order valence-corrected chi connectivity index (χ1v) is 10.3. The summed E-state index contributed by atoms with van der Waals surface area (Å²) in [5, 5.41) is 1.38. The van der Waals surface area contributed by atoms with E-state index in [0.29, 0.717) is 27.3 Å². The van der Waals surface area contributed by atoms with Crippen LogP contribution in [0.4, 0.5) is 11.6 Å². The fourth-order valence-electron chi connectivity index (χ4n) is 4.21. The van der Waals surface area contributed by atoms with Gasteiger partial charge in [-0.1, -0.05) is 41.9 Å². The van der Waals surface area contributed by atoms with Crippen LogP contribution < -0.4 is 16.4 Å². The number of benzene rings is 1. The largest absolute Gasteiger partial charge is 0.381 e. The van der Waals surface area contributed by atoms with Crippen molar-refractivity contribution in [2.45, 2.75) is 48.1 Å². The Morgan fingerprint density at radius 1 is 1.19 bits per heavy atom. The fraction of sp³-hybridized carbons (Fsp3) is 0.474. The Hall–Kier alpha value is -1.50. The van der Waals surface area contributed by atoms with Crippen LogP contribution in [-0.4, -0.2) is 29.1 Å². The summed E-state index contributed by atoms with van der Waals surface area (Å²) in [6, 6.07) is 8.03. The smallest absolute Gasteiger partial charge is 0.158 e. The van der Waals surface area contributed by atoms with Crippen molar-refractivity contribution < 1.29 is 0 Å². The normalized spacial score (nSPS) is 22.1. The standard InChI is InChI=1S/C19H24ClN5S/c20-13-4-1-2-5-14(13)26-18-17(22)24-16(12-23-18)25-10-8-19(9-11-25)7-3-6-15(19)21/h1-2,4-5,12,15H,3,6-11,21H2,(H2,22,24)/t15-/m1/s1. The SMILES string of the molecule is Nc1nc(N2CCC3(CCC[C@H]3N)CC2)cnc1Sc1ccccc1Cl. The van der Waals surface area contributed by atoms with Crippen LogP contribution in [-0.2, 0) is 0 Å². The first-order valence-electron chi connectivity index (χ1n) is 9.13. The number of piperidine rings is 1. The lowest BCUT2D eigenvalue weighted by Gasteiger charge is -2.42. The van der Waals surface area contributed by atoms with Gasteiger partial charge in [0.2, 0.25) is 0 Å². The van der Waals surface area contributed by atoms with Crippen molar-refractivity contribution in [1.82, 2.24) is 9.97 Å². The minimum absolute atomic E-state index is 0.343. The first-order chi connectivity index (χ1) is 12.6. The molecule has 1 saturated carbocycles. The van der Waals surface area contributed by atoms with Crippen molar-refractivity contribution in [2.24, 2.45) is 11.1 Å². The molecular formula is C19H24ClN5S. The molecule has 4 N–H and O–H groups in total. The van der Waals surface area contributed by atoms with Gasteiger partial charge in [-0.05, 0) is 43.2 Å². The van der Waals surface area contributed by atoms with Gasteiger partial charge >= 0.3 is 0 Å². The molecule has 2 aromatic rings. The molecule has 138 valence electrons. The summed E-state index contributed by atoms with van der Waals surface area (Å²) in [5.74, 6) is 1.30. The maximum absolute atomic E-state index is 6.38. The zero-order valence-corrected chi connectivity index (χ0v) is 16.3. The van der Waals surface area contributed by atoms with Crippen LogP contribution in [0.3, 0.4) is 0 Å². The lowest BCUT2D eigenvalue weighted by Crippen LogP contribution is -2.47. The summed E-state index contributed by atoms with van der Waals surface area (Å²) >= 11 is 7.67.